The largest absolute Gasteiger partial charge is 0.433 e. The van der Waals surface area contributed by atoms with Crippen LogP contribution >= 0.6 is 47.2 Å². The average molecular weight is 551 g/mol. The molecular formula is C17H23Cl2F2IN4O2. The maximum atomic E-state index is 12.6. The smallest absolute Gasteiger partial charge is 0.387 e. The molecule has 158 valence electrons. The van der Waals surface area contributed by atoms with Gasteiger partial charge in [0.15, 0.2) is 5.96 Å². The van der Waals surface area contributed by atoms with Crippen molar-refractivity contribution in [1.29, 1.82) is 0 Å². The van der Waals surface area contributed by atoms with E-state index in [0.29, 0.717) is 42.0 Å². The Kier molecular flexibility index (Phi) is 11.1. The van der Waals surface area contributed by atoms with E-state index in [2.05, 4.69) is 25.7 Å². The van der Waals surface area contributed by atoms with Gasteiger partial charge in [0, 0.05) is 43.2 Å². The van der Waals surface area contributed by atoms with Crippen molar-refractivity contribution in [3.63, 3.8) is 0 Å². The van der Waals surface area contributed by atoms with Crippen LogP contribution in [0, 0.1) is 0 Å². The van der Waals surface area contributed by atoms with Gasteiger partial charge in [0.1, 0.15) is 5.75 Å². The number of ether oxygens (including phenoxy) is 1. The van der Waals surface area contributed by atoms with Gasteiger partial charge in [-0.2, -0.15) is 8.78 Å². The molecule has 1 fully saturated rings. The lowest BCUT2D eigenvalue weighted by molar-refractivity contribution is -0.121. The number of rotatable bonds is 9. The number of aliphatic imine (C=N–C) groups is 1. The number of nitrogens with zero attached hydrogens (tertiary/aromatic N) is 1. The molecule has 1 saturated carbocycles. The fourth-order valence-corrected chi connectivity index (χ4v) is 2.93. The topological polar surface area (TPSA) is 74.8 Å². The fraction of sp³-hybridized carbons (Fsp3) is 0.529. The van der Waals surface area contributed by atoms with Gasteiger partial charge in [0.2, 0.25) is 5.91 Å². The van der Waals surface area contributed by atoms with Crippen LogP contribution in [-0.4, -0.2) is 38.1 Å². The zero-order valence-electron chi connectivity index (χ0n) is 15.2. The van der Waals surface area contributed by atoms with Gasteiger partial charge in [-0.3, -0.25) is 9.79 Å². The first-order valence-corrected chi connectivity index (χ1v) is 9.31. The van der Waals surface area contributed by atoms with Gasteiger partial charge in [0.25, 0.3) is 0 Å². The number of alkyl halides is 2. The molecule has 1 aliphatic rings. The van der Waals surface area contributed by atoms with Crippen LogP contribution in [0.3, 0.4) is 0 Å². The van der Waals surface area contributed by atoms with Gasteiger partial charge in [-0.15, -0.1) is 24.0 Å². The first-order valence-electron chi connectivity index (χ1n) is 8.55. The molecule has 0 heterocycles. The summed E-state index contributed by atoms with van der Waals surface area (Å²) in [7, 11) is 1.58. The van der Waals surface area contributed by atoms with E-state index in [1.165, 1.54) is 12.1 Å². The summed E-state index contributed by atoms with van der Waals surface area (Å²) < 4.78 is 29.7. The van der Waals surface area contributed by atoms with E-state index in [1.807, 2.05) is 0 Å². The molecule has 0 atom stereocenters. The molecule has 3 N–H and O–H groups in total. The van der Waals surface area contributed by atoms with Crippen LogP contribution in [-0.2, 0) is 11.3 Å². The van der Waals surface area contributed by atoms with E-state index < -0.39 is 6.61 Å². The van der Waals surface area contributed by atoms with Crippen molar-refractivity contribution < 1.29 is 18.3 Å². The molecule has 28 heavy (non-hydrogen) atoms. The number of halogens is 5. The maximum absolute atomic E-state index is 12.6. The summed E-state index contributed by atoms with van der Waals surface area (Å²) in [5.74, 6) is 0.372. The minimum atomic E-state index is -3.00. The Bertz CT molecular complexity index is 691. The van der Waals surface area contributed by atoms with Gasteiger partial charge in [-0.1, -0.05) is 23.2 Å². The Labute approximate surface area is 189 Å². The highest BCUT2D eigenvalue weighted by Crippen LogP contribution is 2.33. The summed E-state index contributed by atoms with van der Waals surface area (Å²) in [6.07, 6.45) is 3.19. The second-order valence-electron chi connectivity index (χ2n) is 6.05. The lowest BCUT2D eigenvalue weighted by Crippen LogP contribution is -2.37. The number of carbonyl (C=O) groups excluding carboxylic acids is 1. The van der Waals surface area contributed by atoms with Crippen molar-refractivity contribution in [2.75, 3.05) is 13.6 Å². The number of hydrogen-bond donors (Lipinski definition) is 3. The predicted molar refractivity (Wildman–Crippen MR) is 117 cm³/mol. The summed E-state index contributed by atoms with van der Waals surface area (Å²) in [6, 6.07) is 3.19. The highest BCUT2D eigenvalue weighted by atomic mass is 127. The normalized spacial score (nSPS) is 13.7. The van der Waals surface area contributed by atoms with E-state index in [0.717, 1.165) is 12.8 Å². The summed E-state index contributed by atoms with van der Waals surface area (Å²) >= 11 is 11.9. The van der Waals surface area contributed by atoms with Crippen LogP contribution in [0.4, 0.5) is 8.78 Å². The van der Waals surface area contributed by atoms with Crippen LogP contribution in [0.25, 0.3) is 0 Å². The molecule has 0 aromatic heterocycles. The third kappa shape index (κ3) is 8.95. The number of carbonyl (C=O) groups is 1. The summed E-state index contributed by atoms with van der Waals surface area (Å²) in [5.41, 5.74) is 0.375. The number of amides is 1. The quantitative estimate of drug-likeness (QED) is 0.188. The van der Waals surface area contributed by atoms with Crippen molar-refractivity contribution in [3.8, 4) is 5.75 Å². The van der Waals surface area contributed by atoms with E-state index in [4.69, 9.17) is 23.2 Å². The van der Waals surface area contributed by atoms with E-state index >= 15 is 0 Å². The first kappa shape index (κ1) is 25.0. The molecule has 1 amide bonds. The van der Waals surface area contributed by atoms with Crippen molar-refractivity contribution in [2.24, 2.45) is 4.99 Å². The standard InChI is InChI=1S/C17H22Cl2F2N4O2.HI/c1-22-17(23-6-2-3-14(26)25-12-4-5-12)24-9-10-7-11(18)8-13(19)15(10)27-16(20)21;/h7-8,12,16H,2-6,9H2,1H3,(H,25,26)(H2,22,23,24);1H. The summed E-state index contributed by atoms with van der Waals surface area (Å²) in [6.45, 7) is -2.33. The van der Waals surface area contributed by atoms with Crippen molar-refractivity contribution in [2.45, 2.75) is 44.9 Å². The van der Waals surface area contributed by atoms with Crippen LogP contribution in [0.1, 0.15) is 31.2 Å². The fourth-order valence-electron chi connectivity index (χ4n) is 2.35. The van der Waals surface area contributed by atoms with Gasteiger partial charge in [-0.25, -0.2) is 0 Å². The third-order valence-electron chi connectivity index (χ3n) is 3.78. The molecule has 0 unspecified atom stereocenters. The molecule has 11 heteroatoms. The van der Waals surface area contributed by atoms with Gasteiger partial charge < -0.3 is 20.7 Å². The third-order valence-corrected chi connectivity index (χ3v) is 4.28. The minimum Gasteiger partial charge on any atom is -0.433 e. The maximum Gasteiger partial charge on any atom is 0.387 e. The highest BCUT2D eigenvalue weighted by molar-refractivity contribution is 14.0. The van der Waals surface area contributed by atoms with Crippen molar-refractivity contribution >= 4 is 59.0 Å². The molecule has 0 saturated heterocycles. The monoisotopic (exact) mass is 550 g/mol. The average Bonchev–Trinajstić information content (AvgIpc) is 3.40. The Hall–Kier alpha value is -1.07. The molecule has 0 aliphatic heterocycles. The Morgan fingerprint density at radius 2 is 2.04 bits per heavy atom. The molecule has 0 radical (unpaired) electrons. The highest BCUT2D eigenvalue weighted by Gasteiger charge is 2.22. The van der Waals surface area contributed by atoms with Crippen LogP contribution in [0.5, 0.6) is 5.75 Å². The Balaban J connectivity index is 0.00000392. The number of hydrogen-bond acceptors (Lipinski definition) is 3. The Morgan fingerprint density at radius 3 is 2.64 bits per heavy atom. The molecule has 1 aromatic rings. The summed E-state index contributed by atoms with van der Waals surface area (Å²) in [5, 5.41) is 9.27. The lowest BCUT2D eigenvalue weighted by Gasteiger charge is -2.16. The van der Waals surface area contributed by atoms with Gasteiger partial charge >= 0.3 is 6.61 Å². The van der Waals surface area contributed by atoms with Crippen LogP contribution < -0.4 is 20.7 Å². The Morgan fingerprint density at radius 1 is 1.32 bits per heavy atom. The van der Waals surface area contributed by atoms with E-state index in [9.17, 15) is 13.6 Å². The second kappa shape index (κ2) is 12.5. The molecule has 1 aliphatic carbocycles. The van der Waals surface area contributed by atoms with E-state index in [1.54, 1.807) is 7.05 Å². The van der Waals surface area contributed by atoms with Crippen LogP contribution in [0.2, 0.25) is 10.0 Å². The number of nitrogens with one attached hydrogen (secondary N) is 3. The van der Waals surface area contributed by atoms with Crippen molar-refractivity contribution in [3.05, 3.63) is 27.7 Å². The second-order valence-corrected chi connectivity index (χ2v) is 6.90. The molecule has 6 nitrogen and oxygen atoms in total. The van der Waals surface area contributed by atoms with Gasteiger partial charge in [0.05, 0.1) is 5.02 Å². The lowest BCUT2D eigenvalue weighted by atomic mass is 10.2. The number of benzene rings is 1. The van der Waals surface area contributed by atoms with E-state index in [-0.39, 0.29) is 47.2 Å². The summed E-state index contributed by atoms with van der Waals surface area (Å²) in [4.78, 5) is 15.7. The molecular weight excluding hydrogens is 528 g/mol. The molecule has 2 rings (SSSR count). The first-order chi connectivity index (χ1) is 12.9. The van der Waals surface area contributed by atoms with Crippen molar-refractivity contribution in [1.82, 2.24) is 16.0 Å². The SMILES string of the molecule is CN=C(NCCCC(=O)NC1CC1)NCc1cc(Cl)cc(Cl)c1OC(F)F.I. The zero-order chi connectivity index (χ0) is 19.8. The molecule has 1 aromatic carbocycles. The molecule has 0 bridgehead atoms. The zero-order valence-corrected chi connectivity index (χ0v) is 19.1. The number of guanidine groups is 1. The van der Waals surface area contributed by atoms with Gasteiger partial charge in [-0.05, 0) is 31.4 Å². The minimum absolute atomic E-state index is 0. The molecule has 0 spiro atoms. The van der Waals surface area contributed by atoms with Crippen LogP contribution in [0.15, 0.2) is 17.1 Å². The predicted octanol–water partition coefficient (Wildman–Crippen LogP) is 3.94.